The van der Waals surface area contributed by atoms with Crippen molar-refractivity contribution in [3.8, 4) is 0 Å². The molecule has 0 spiro atoms. The van der Waals surface area contributed by atoms with Gasteiger partial charge in [0.05, 0.1) is 29.2 Å². The van der Waals surface area contributed by atoms with E-state index in [4.69, 9.17) is 14.0 Å². The Balaban J connectivity index is 1.18. The van der Waals surface area contributed by atoms with Crippen molar-refractivity contribution >= 4 is 33.9 Å². The Hall–Kier alpha value is -2.15. The average Bonchev–Trinajstić information content (AvgIpc) is 3.53. The highest BCUT2D eigenvalue weighted by atomic mass is 32.2. The second-order valence-electron chi connectivity index (χ2n) is 15.0. The molecule has 8 aliphatic rings. The van der Waals surface area contributed by atoms with Crippen molar-refractivity contribution < 1.29 is 50.4 Å². The molecule has 7 aliphatic carbocycles. The fraction of sp³-hybridized carbons (Fsp3) is 0.871. The minimum Gasteiger partial charge on any atom is -0.460 e. The number of imide groups is 1. The third kappa shape index (κ3) is 4.81. The van der Waals surface area contributed by atoms with E-state index in [1.165, 1.54) is 4.90 Å². The van der Waals surface area contributed by atoms with E-state index in [-0.39, 0.29) is 18.2 Å². The standard InChI is InChI=1S/C31H41F2NO9S/c32-31(33,44(39,40)41)15-42-28(37)23-21-11-20-22(23)26(35)34(29(38)30-12-16-8-17(13-30)10-18(9-16)14-30)24(20)25(21)43-27(36)19-6-4-2-1-3-5-7-19/h16-25H,1-15H2,(H,39,40,41). The maximum Gasteiger partial charge on any atom is 0.402 e. The number of hydrogen-bond acceptors (Lipinski definition) is 8. The molecule has 6 bridgehead atoms. The zero-order chi connectivity index (χ0) is 31.2. The molecule has 1 aliphatic heterocycles. The summed E-state index contributed by atoms with van der Waals surface area (Å²) in [4.78, 5) is 56.8. The second-order valence-corrected chi connectivity index (χ2v) is 16.5. The van der Waals surface area contributed by atoms with Gasteiger partial charge in [-0.15, -0.1) is 0 Å². The molecular formula is C31H41F2NO9S. The van der Waals surface area contributed by atoms with Crippen molar-refractivity contribution in [3.63, 3.8) is 0 Å². The maximum atomic E-state index is 14.5. The van der Waals surface area contributed by atoms with Gasteiger partial charge in [0.15, 0.2) is 6.61 Å². The van der Waals surface area contributed by atoms with Gasteiger partial charge in [0.2, 0.25) is 11.8 Å². The van der Waals surface area contributed by atoms with Crippen molar-refractivity contribution in [2.24, 2.45) is 52.8 Å². The monoisotopic (exact) mass is 641 g/mol. The van der Waals surface area contributed by atoms with Crippen LogP contribution in [0.15, 0.2) is 0 Å². The minimum absolute atomic E-state index is 0.251. The van der Waals surface area contributed by atoms with Crippen molar-refractivity contribution in [2.45, 2.75) is 107 Å². The number of nitrogens with zero attached hydrogens (tertiary/aromatic N) is 1. The van der Waals surface area contributed by atoms with Crippen LogP contribution in [0.4, 0.5) is 8.78 Å². The number of fused-ring (bicyclic) bond motifs is 1. The van der Waals surface area contributed by atoms with E-state index >= 15 is 0 Å². The molecule has 244 valence electrons. The van der Waals surface area contributed by atoms with Gasteiger partial charge in [0, 0.05) is 5.92 Å². The molecule has 7 saturated carbocycles. The summed E-state index contributed by atoms with van der Waals surface area (Å²) in [6, 6.07) is -0.723. The second kappa shape index (κ2) is 10.7. The maximum absolute atomic E-state index is 14.5. The smallest absolute Gasteiger partial charge is 0.402 e. The van der Waals surface area contributed by atoms with Gasteiger partial charge in [-0.3, -0.25) is 28.6 Å². The fourth-order valence-corrected chi connectivity index (χ4v) is 11.1. The first kappa shape index (κ1) is 30.5. The number of hydrogen-bond donors (Lipinski definition) is 1. The van der Waals surface area contributed by atoms with E-state index in [9.17, 15) is 36.4 Å². The van der Waals surface area contributed by atoms with Crippen LogP contribution in [-0.4, -0.2) is 65.6 Å². The zero-order valence-electron chi connectivity index (χ0n) is 24.7. The quantitative estimate of drug-likeness (QED) is 0.247. The molecule has 6 atom stereocenters. The molecule has 1 saturated heterocycles. The largest absolute Gasteiger partial charge is 0.460 e. The Morgan fingerprint density at radius 1 is 0.886 bits per heavy atom. The molecule has 6 unspecified atom stereocenters. The Labute approximate surface area is 255 Å². The molecule has 10 nitrogen and oxygen atoms in total. The molecular weight excluding hydrogens is 600 g/mol. The third-order valence-corrected chi connectivity index (χ3v) is 13.2. The number of esters is 2. The van der Waals surface area contributed by atoms with Crippen LogP contribution in [0.1, 0.15) is 89.9 Å². The average molecular weight is 642 g/mol. The molecule has 44 heavy (non-hydrogen) atoms. The summed E-state index contributed by atoms with van der Waals surface area (Å²) in [6.07, 6.45) is 11.0. The highest BCUT2D eigenvalue weighted by Crippen LogP contribution is 2.64. The Bertz CT molecular complexity index is 1310. The van der Waals surface area contributed by atoms with Crippen LogP contribution in [0.25, 0.3) is 0 Å². The summed E-state index contributed by atoms with van der Waals surface area (Å²) in [6.45, 7) is -1.91. The topological polar surface area (TPSA) is 144 Å². The lowest BCUT2D eigenvalue weighted by atomic mass is 9.49. The molecule has 1 N–H and O–H groups in total. The van der Waals surface area contributed by atoms with Crippen molar-refractivity contribution in [1.82, 2.24) is 4.90 Å². The number of alkyl halides is 2. The number of amides is 2. The van der Waals surface area contributed by atoms with Crippen LogP contribution in [0.5, 0.6) is 0 Å². The Kier molecular flexibility index (Phi) is 7.42. The van der Waals surface area contributed by atoms with E-state index in [2.05, 4.69) is 0 Å². The molecule has 1 heterocycles. The van der Waals surface area contributed by atoms with E-state index in [1.807, 2.05) is 0 Å². The van der Waals surface area contributed by atoms with Crippen LogP contribution in [0.2, 0.25) is 0 Å². The lowest BCUT2D eigenvalue weighted by molar-refractivity contribution is -0.173. The summed E-state index contributed by atoms with van der Waals surface area (Å²) in [5, 5.41) is -4.73. The number of ether oxygens (including phenoxy) is 2. The molecule has 0 aromatic rings. The van der Waals surface area contributed by atoms with Gasteiger partial charge in [0.25, 0.3) is 0 Å². The highest BCUT2D eigenvalue weighted by molar-refractivity contribution is 7.86. The van der Waals surface area contributed by atoms with Crippen LogP contribution in [0.3, 0.4) is 0 Å². The minimum atomic E-state index is -5.84. The first-order valence-corrected chi connectivity index (χ1v) is 17.8. The van der Waals surface area contributed by atoms with Gasteiger partial charge in [-0.05, 0) is 81.5 Å². The van der Waals surface area contributed by atoms with Gasteiger partial charge in [-0.1, -0.05) is 32.1 Å². The Morgan fingerprint density at radius 3 is 2.02 bits per heavy atom. The summed E-state index contributed by atoms with van der Waals surface area (Å²) in [5.74, 6) is -4.98. The number of halogens is 2. The fourth-order valence-electron chi connectivity index (χ4n) is 10.9. The van der Waals surface area contributed by atoms with Gasteiger partial charge < -0.3 is 9.47 Å². The molecule has 0 aromatic carbocycles. The van der Waals surface area contributed by atoms with E-state index in [0.717, 1.165) is 70.6 Å². The van der Waals surface area contributed by atoms with E-state index in [0.29, 0.717) is 30.6 Å². The Morgan fingerprint density at radius 2 is 1.45 bits per heavy atom. The first-order valence-electron chi connectivity index (χ1n) is 16.4. The zero-order valence-corrected chi connectivity index (χ0v) is 25.5. The molecule has 0 aromatic heterocycles. The third-order valence-electron chi connectivity index (χ3n) is 12.3. The molecule has 8 rings (SSSR count). The van der Waals surface area contributed by atoms with E-state index in [1.54, 1.807) is 0 Å². The van der Waals surface area contributed by atoms with Gasteiger partial charge in [-0.25, -0.2) is 0 Å². The van der Waals surface area contributed by atoms with E-state index < -0.39 is 81.1 Å². The lowest BCUT2D eigenvalue weighted by Crippen LogP contribution is -2.58. The number of rotatable bonds is 7. The summed E-state index contributed by atoms with van der Waals surface area (Å²) in [5.41, 5.74) is -0.659. The lowest BCUT2D eigenvalue weighted by Gasteiger charge is -2.56. The summed E-state index contributed by atoms with van der Waals surface area (Å²) in [7, 11) is -5.84. The van der Waals surface area contributed by atoms with Crippen LogP contribution in [-0.2, 0) is 38.8 Å². The number of carbonyl (C=O) groups excluding carboxylic acids is 4. The van der Waals surface area contributed by atoms with Gasteiger partial charge in [-0.2, -0.15) is 17.2 Å². The van der Waals surface area contributed by atoms with Crippen molar-refractivity contribution in [2.75, 3.05) is 6.61 Å². The molecule has 2 amide bonds. The van der Waals surface area contributed by atoms with Crippen molar-refractivity contribution in [3.05, 3.63) is 0 Å². The number of carbonyl (C=O) groups is 4. The van der Waals surface area contributed by atoms with Crippen molar-refractivity contribution in [1.29, 1.82) is 0 Å². The normalized spacial score (nSPS) is 41.5. The summed E-state index contributed by atoms with van der Waals surface area (Å²) < 4.78 is 69.9. The van der Waals surface area contributed by atoms with Gasteiger partial charge in [0.1, 0.15) is 6.10 Å². The highest BCUT2D eigenvalue weighted by Gasteiger charge is 2.73. The number of likely N-dealkylation sites (tertiary alicyclic amines) is 1. The van der Waals surface area contributed by atoms with Crippen LogP contribution in [0, 0.1) is 52.8 Å². The predicted molar refractivity (Wildman–Crippen MR) is 148 cm³/mol. The van der Waals surface area contributed by atoms with Crippen LogP contribution >= 0.6 is 0 Å². The van der Waals surface area contributed by atoms with Crippen LogP contribution < -0.4 is 0 Å². The first-order chi connectivity index (χ1) is 20.8. The SMILES string of the molecule is O=C(OC1C2CC3C(C(=O)N(C(=O)C45CC6CC(CC(C6)C4)C5)C31)C2C(=O)OCC(F)(F)S(=O)(=O)O)C1CCCCCCC1. The molecule has 13 heteroatoms. The molecule has 0 radical (unpaired) electrons. The van der Waals surface area contributed by atoms with Gasteiger partial charge >= 0.3 is 27.3 Å². The molecule has 8 fully saturated rings. The predicted octanol–water partition coefficient (Wildman–Crippen LogP) is 4.12. The summed E-state index contributed by atoms with van der Waals surface area (Å²) >= 11 is 0.